The highest BCUT2D eigenvalue weighted by molar-refractivity contribution is 6.08. The zero-order chi connectivity index (χ0) is 24.9. The number of nitrogens with one attached hydrogen (secondary N) is 1. The average Bonchev–Trinajstić information content (AvgIpc) is 2.84. The summed E-state index contributed by atoms with van der Waals surface area (Å²) < 4.78 is 0. The molecule has 3 aromatic carbocycles. The monoisotopic (exact) mass is 450 g/mol. The minimum absolute atomic E-state index is 0.173. The lowest BCUT2D eigenvalue weighted by atomic mass is 9.72. The number of phenols is 1. The van der Waals surface area contributed by atoms with Gasteiger partial charge in [0.2, 0.25) is 0 Å². The van der Waals surface area contributed by atoms with Crippen LogP contribution in [-0.2, 0) is 10.8 Å². The number of nitrogen functional groups attached to an aromatic ring is 1. The van der Waals surface area contributed by atoms with Crippen molar-refractivity contribution in [3.8, 4) is 5.75 Å². The molecule has 3 aromatic rings. The normalized spacial score (nSPS) is 13.4. The van der Waals surface area contributed by atoms with Gasteiger partial charge in [0.15, 0.2) is 0 Å². The van der Waals surface area contributed by atoms with Crippen LogP contribution >= 0.6 is 0 Å². The second-order valence-corrected chi connectivity index (χ2v) is 9.60. The molecule has 0 saturated carbocycles. The van der Waals surface area contributed by atoms with Crippen LogP contribution in [-0.4, -0.2) is 10.8 Å². The molecule has 0 heterocycles. The molecule has 1 aliphatic carbocycles. The average molecular weight is 451 g/mol. The van der Waals surface area contributed by atoms with Gasteiger partial charge in [-0.3, -0.25) is 0 Å². The maximum Gasteiger partial charge on any atom is 0.142 e. The minimum Gasteiger partial charge on any atom is -0.505 e. The van der Waals surface area contributed by atoms with Gasteiger partial charge in [-0.25, -0.2) is 0 Å². The first-order valence-corrected chi connectivity index (χ1v) is 11.4. The van der Waals surface area contributed by atoms with Crippen molar-refractivity contribution in [2.24, 2.45) is 0 Å². The summed E-state index contributed by atoms with van der Waals surface area (Å²) in [6.07, 6.45) is 7.25. The van der Waals surface area contributed by atoms with Gasteiger partial charge in [0, 0.05) is 16.4 Å². The highest BCUT2D eigenvalue weighted by Gasteiger charge is 2.31. The maximum atomic E-state index is 10.7. The van der Waals surface area contributed by atoms with Crippen LogP contribution < -0.4 is 5.73 Å². The van der Waals surface area contributed by atoms with E-state index in [0.717, 1.165) is 22.3 Å². The van der Waals surface area contributed by atoms with E-state index in [1.54, 1.807) is 6.08 Å². The number of benzene rings is 3. The Balaban J connectivity index is 0.000000343. The molecule has 0 aliphatic heterocycles. The molecular weight excluding hydrogens is 416 g/mol. The van der Waals surface area contributed by atoms with Crippen LogP contribution in [0.2, 0.25) is 0 Å². The summed E-state index contributed by atoms with van der Waals surface area (Å²) in [5.41, 5.74) is 11.7. The first-order chi connectivity index (χ1) is 16.0. The topological polar surface area (TPSA) is 70.1 Å². The van der Waals surface area contributed by atoms with Gasteiger partial charge in [-0.2, -0.15) is 0 Å². The largest absolute Gasteiger partial charge is 0.505 e. The fraction of sp³-hybridized carbons (Fsp3) is 0.194. The number of hydrogen-bond donors (Lipinski definition) is 3. The van der Waals surface area contributed by atoms with Crippen molar-refractivity contribution < 1.29 is 5.11 Å². The number of hydrogen-bond acceptors (Lipinski definition) is 3. The molecule has 3 nitrogen and oxygen atoms in total. The van der Waals surface area contributed by atoms with Crippen molar-refractivity contribution in [2.45, 2.75) is 38.5 Å². The van der Waals surface area contributed by atoms with Crippen LogP contribution in [0.25, 0.3) is 0 Å². The van der Waals surface area contributed by atoms with Crippen LogP contribution in [0.5, 0.6) is 5.75 Å². The summed E-state index contributed by atoms with van der Waals surface area (Å²) in [5, 5.41) is 17.9. The van der Waals surface area contributed by atoms with Crippen molar-refractivity contribution in [3.63, 3.8) is 0 Å². The summed E-state index contributed by atoms with van der Waals surface area (Å²) in [6, 6.07) is 24.6. The Hall–Kier alpha value is -3.85. The summed E-state index contributed by atoms with van der Waals surface area (Å²) in [7, 11) is 0. The third-order valence-corrected chi connectivity index (χ3v) is 6.54. The van der Waals surface area contributed by atoms with Crippen molar-refractivity contribution in [1.82, 2.24) is 0 Å². The SMILES string of the molecule is C=C1C=CC=CC1=N.CC(C)(c1ccccc1)c1cc(N)c(O)c(C(C)(C)c2ccccc2)c1. The lowest BCUT2D eigenvalue weighted by Gasteiger charge is -2.32. The smallest absolute Gasteiger partial charge is 0.142 e. The lowest BCUT2D eigenvalue weighted by molar-refractivity contribution is 0.454. The van der Waals surface area contributed by atoms with E-state index in [1.165, 1.54) is 5.56 Å². The van der Waals surface area contributed by atoms with Gasteiger partial charge in [-0.1, -0.05) is 119 Å². The van der Waals surface area contributed by atoms with E-state index < -0.39 is 0 Å². The zero-order valence-corrected chi connectivity index (χ0v) is 20.5. The van der Waals surface area contributed by atoms with Crippen LogP contribution in [0.3, 0.4) is 0 Å². The number of aromatic hydroxyl groups is 1. The summed E-state index contributed by atoms with van der Waals surface area (Å²) in [6.45, 7) is 12.3. The maximum absolute atomic E-state index is 10.7. The zero-order valence-electron chi connectivity index (χ0n) is 20.5. The quantitative estimate of drug-likeness (QED) is 0.288. The van der Waals surface area contributed by atoms with Gasteiger partial charge in [-0.15, -0.1) is 0 Å². The van der Waals surface area contributed by atoms with E-state index in [-0.39, 0.29) is 16.6 Å². The van der Waals surface area contributed by atoms with Crippen LogP contribution in [0.4, 0.5) is 5.69 Å². The number of nitrogens with two attached hydrogens (primary N) is 1. The molecule has 1 aliphatic rings. The highest BCUT2D eigenvalue weighted by Crippen LogP contribution is 2.43. The van der Waals surface area contributed by atoms with E-state index in [0.29, 0.717) is 11.4 Å². The Morgan fingerprint density at radius 2 is 1.24 bits per heavy atom. The molecule has 0 atom stereocenters. The van der Waals surface area contributed by atoms with Gasteiger partial charge < -0.3 is 16.2 Å². The number of allylic oxidation sites excluding steroid dienone is 5. The van der Waals surface area contributed by atoms with E-state index in [9.17, 15) is 5.11 Å². The number of phenolic OH excluding ortho intramolecular Hbond substituents is 1. The van der Waals surface area contributed by atoms with Gasteiger partial charge >= 0.3 is 0 Å². The van der Waals surface area contributed by atoms with Crippen molar-refractivity contribution in [1.29, 1.82) is 5.41 Å². The fourth-order valence-corrected chi connectivity index (χ4v) is 4.05. The lowest BCUT2D eigenvalue weighted by Crippen LogP contribution is -2.23. The van der Waals surface area contributed by atoms with E-state index in [4.69, 9.17) is 11.1 Å². The van der Waals surface area contributed by atoms with Crippen molar-refractivity contribution in [2.75, 3.05) is 5.73 Å². The van der Waals surface area contributed by atoms with Crippen molar-refractivity contribution in [3.05, 3.63) is 132 Å². The molecule has 0 bridgehead atoms. The third kappa shape index (κ3) is 5.20. The second-order valence-electron chi connectivity index (χ2n) is 9.60. The second kappa shape index (κ2) is 9.96. The van der Waals surface area contributed by atoms with Crippen molar-refractivity contribution >= 4 is 11.4 Å². The van der Waals surface area contributed by atoms with Gasteiger partial charge in [0.1, 0.15) is 5.75 Å². The van der Waals surface area contributed by atoms with Gasteiger partial charge in [0.05, 0.1) is 11.4 Å². The molecule has 0 radical (unpaired) electrons. The Kier molecular flexibility index (Phi) is 7.26. The third-order valence-electron chi connectivity index (χ3n) is 6.54. The predicted octanol–water partition coefficient (Wildman–Crippen LogP) is 7.31. The molecule has 4 N–H and O–H groups in total. The minimum atomic E-state index is -0.359. The Labute approximate surface area is 203 Å². The Bertz CT molecular complexity index is 1210. The van der Waals surface area contributed by atoms with E-state index >= 15 is 0 Å². The molecule has 174 valence electrons. The fourth-order valence-electron chi connectivity index (χ4n) is 4.05. The Morgan fingerprint density at radius 1 is 0.735 bits per heavy atom. The van der Waals surface area contributed by atoms with E-state index in [2.05, 4.69) is 76.7 Å². The van der Waals surface area contributed by atoms with Crippen LogP contribution in [0, 0.1) is 5.41 Å². The molecule has 4 rings (SSSR count). The molecule has 0 saturated heterocycles. The number of anilines is 1. The van der Waals surface area contributed by atoms with Crippen LogP contribution in [0.15, 0.2) is 109 Å². The Morgan fingerprint density at radius 3 is 1.71 bits per heavy atom. The predicted molar refractivity (Wildman–Crippen MR) is 145 cm³/mol. The number of rotatable bonds is 4. The van der Waals surface area contributed by atoms with Gasteiger partial charge in [-0.05, 0) is 34.4 Å². The summed E-state index contributed by atoms with van der Waals surface area (Å²) in [5.74, 6) is 0.173. The summed E-state index contributed by atoms with van der Waals surface area (Å²) in [4.78, 5) is 0. The molecule has 0 amide bonds. The molecule has 0 fully saturated rings. The standard InChI is InChI=1S/C24H27NO.C7H7N/c1-23(2,17-11-7-5-8-12-17)19-15-20(22(26)21(25)16-19)24(3,4)18-13-9-6-10-14-18;1-6-4-2-3-5-7(6)8/h5-16,26H,25H2,1-4H3;2-5,8H,1H2. The molecule has 34 heavy (non-hydrogen) atoms. The molecule has 3 heteroatoms. The van der Waals surface area contributed by atoms with E-state index in [1.807, 2.05) is 48.6 Å². The molecule has 0 unspecified atom stereocenters. The molecule has 0 aromatic heterocycles. The highest BCUT2D eigenvalue weighted by atomic mass is 16.3. The molecule has 0 spiro atoms. The first-order valence-electron chi connectivity index (χ1n) is 11.4. The molecular formula is C31H34N2O. The first kappa shape index (κ1) is 24.8. The summed E-state index contributed by atoms with van der Waals surface area (Å²) >= 11 is 0. The van der Waals surface area contributed by atoms with Gasteiger partial charge in [0.25, 0.3) is 0 Å². The van der Waals surface area contributed by atoms with Crippen LogP contribution in [0.1, 0.15) is 49.9 Å².